The highest BCUT2D eigenvalue weighted by atomic mass is 19.2. The van der Waals surface area contributed by atoms with Gasteiger partial charge in [0.25, 0.3) is 0 Å². The van der Waals surface area contributed by atoms with Gasteiger partial charge >= 0.3 is 0 Å². The maximum Gasteiger partial charge on any atom is 0.193 e. The predicted molar refractivity (Wildman–Crippen MR) is 61.3 cm³/mol. The summed E-state index contributed by atoms with van der Waals surface area (Å²) in [6.07, 6.45) is 0. The Kier molecular flexibility index (Phi) is 3.83. The van der Waals surface area contributed by atoms with Crippen LogP contribution in [0.2, 0.25) is 0 Å². The normalized spacial score (nSPS) is 12.7. The molecule has 0 unspecified atom stereocenters. The minimum absolute atomic E-state index is 0.118. The Labute approximate surface area is 102 Å². The van der Waals surface area contributed by atoms with Gasteiger partial charge in [-0.25, -0.2) is 22.6 Å². The van der Waals surface area contributed by atoms with Gasteiger partial charge in [-0.2, -0.15) is 0 Å². The van der Waals surface area contributed by atoms with E-state index in [1.165, 1.54) is 0 Å². The van der Waals surface area contributed by atoms with Crippen molar-refractivity contribution in [3.63, 3.8) is 0 Å². The number of anilines is 1. The van der Waals surface area contributed by atoms with Crippen LogP contribution in [0.25, 0.3) is 0 Å². The lowest BCUT2D eigenvalue weighted by molar-refractivity contribution is 0.459. The molecule has 18 heavy (non-hydrogen) atoms. The third-order valence-corrected chi connectivity index (χ3v) is 1.82. The van der Waals surface area contributed by atoms with Crippen molar-refractivity contribution in [2.45, 2.75) is 26.3 Å². The van der Waals surface area contributed by atoms with E-state index in [9.17, 15) is 17.6 Å². The van der Waals surface area contributed by atoms with Gasteiger partial charge in [0, 0.05) is 6.07 Å². The van der Waals surface area contributed by atoms with Crippen molar-refractivity contribution in [2.75, 3.05) is 5.32 Å². The zero-order chi connectivity index (χ0) is 14.1. The monoisotopic (exact) mass is 263 g/mol. The summed E-state index contributed by atoms with van der Waals surface area (Å²) in [6.45, 7) is 5.08. The molecule has 1 aromatic carbocycles. The van der Waals surface area contributed by atoms with E-state index in [4.69, 9.17) is 5.73 Å². The average molecular weight is 263 g/mol. The van der Waals surface area contributed by atoms with E-state index in [0.717, 1.165) is 0 Å². The van der Waals surface area contributed by atoms with Crippen molar-refractivity contribution < 1.29 is 17.6 Å². The number of hydrogen-bond donors (Lipinski definition) is 2. The molecule has 0 aromatic heterocycles. The Morgan fingerprint density at radius 1 is 1.11 bits per heavy atom. The van der Waals surface area contributed by atoms with Crippen LogP contribution in [-0.2, 0) is 0 Å². The van der Waals surface area contributed by atoms with Crippen molar-refractivity contribution in [1.29, 1.82) is 0 Å². The molecule has 0 heterocycles. The molecule has 0 radical (unpaired) electrons. The largest absolute Gasteiger partial charge is 0.370 e. The lowest BCUT2D eigenvalue weighted by Crippen LogP contribution is -2.28. The third kappa shape index (κ3) is 3.35. The van der Waals surface area contributed by atoms with Gasteiger partial charge in [-0.05, 0) is 20.8 Å². The second-order valence-corrected chi connectivity index (χ2v) is 4.64. The van der Waals surface area contributed by atoms with Crippen LogP contribution in [0.3, 0.4) is 0 Å². The number of hydrogen-bond acceptors (Lipinski definition) is 1. The summed E-state index contributed by atoms with van der Waals surface area (Å²) in [5.74, 6) is -6.48. The van der Waals surface area contributed by atoms with Gasteiger partial charge in [0.15, 0.2) is 29.2 Å². The van der Waals surface area contributed by atoms with Crippen LogP contribution in [0.5, 0.6) is 0 Å². The quantitative estimate of drug-likeness (QED) is 0.354. The molecule has 3 nitrogen and oxygen atoms in total. The number of halogens is 4. The molecule has 0 aliphatic rings. The summed E-state index contributed by atoms with van der Waals surface area (Å²) in [6, 6.07) is 0.118. The van der Waals surface area contributed by atoms with E-state index in [2.05, 4.69) is 4.99 Å². The lowest BCUT2D eigenvalue weighted by Gasteiger charge is -2.15. The zero-order valence-electron chi connectivity index (χ0n) is 10.1. The van der Waals surface area contributed by atoms with Crippen molar-refractivity contribution in [3.05, 3.63) is 29.3 Å². The van der Waals surface area contributed by atoms with E-state index in [1.807, 2.05) is 5.32 Å². The van der Waals surface area contributed by atoms with Crippen LogP contribution in [0.1, 0.15) is 20.8 Å². The van der Waals surface area contributed by atoms with Gasteiger partial charge in [-0.3, -0.25) is 0 Å². The second-order valence-electron chi connectivity index (χ2n) is 4.64. The molecule has 0 fully saturated rings. The van der Waals surface area contributed by atoms with Crippen LogP contribution in [-0.4, -0.2) is 11.5 Å². The van der Waals surface area contributed by atoms with E-state index in [0.29, 0.717) is 0 Å². The molecule has 0 amide bonds. The highest BCUT2D eigenvalue weighted by Gasteiger charge is 2.20. The summed E-state index contributed by atoms with van der Waals surface area (Å²) >= 11 is 0. The van der Waals surface area contributed by atoms with Crippen molar-refractivity contribution in [3.8, 4) is 0 Å². The zero-order valence-corrected chi connectivity index (χ0v) is 10.1. The molecule has 0 spiro atoms. The predicted octanol–water partition coefficient (Wildman–Crippen LogP) is 2.77. The molecule has 0 atom stereocenters. The van der Waals surface area contributed by atoms with Gasteiger partial charge < -0.3 is 11.1 Å². The van der Waals surface area contributed by atoms with Crippen molar-refractivity contribution >= 4 is 11.6 Å². The first-order valence-corrected chi connectivity index (χ1v) is 5.07. The van der Waals surface area contributed by atoms with Gasteiger partial charge in [-0.15, -0.1) is 0 Å². The Balaban J connectivity index is 3.16. The van der Waals surface area contributed by atoms with E-state index >= 15 is 0 Å². The summed E-state index contributed by atoms with van der Waals surface area (Å²) in [5.41, 5.74) is 3.79. The van der Waals surface area contributed by atoms with Crippen LogP contribution in [0.15, 0.2) is 11.1 Å². The average Bonchev–Trinajstić information content (AvgIpc) is 2.19. The number of benzene rings is 1. The molecule has 0 aliphatic heterocycles. The fourth-order valence-electron chi connectivity index (χ4n) is 1.20. The maximum absolute atomic E-state index is 13.3. The lowest BCUT2D eigenvalue weighted by atomic mass is 10.1. The summed E-state index contributed by atoms with van der Waals surface area (Å²) in [7, 11) is 0. The van der Waals surface area contributed by atoms with Crippen LogP contribution < -0.4 is 11.1 Å². The second kappa shape index (κ2) is 4.83. The topological polar surface area (TPSA) is 50.4 Å². The van der Waals surface area contributed by atoms with Crippen LogP contribution in [0, 0.1) is 23.3 Å². The maximum atomic E-state index is 13.3. The number of nitrogens with one attached hydrogen (secondary N) is 1. The highest BCUT2D eigenvalue weighted by molar-refractivity contribution is 5.92. The van der Waals surface area contributed by atoms with E-state index < -0.39 is 34.5 Å². The first kappa shape index (κ1) is 14.3. The summed E-state index contributed by atoms with van der Waals surface area (Å²) in [5, 5.41) is 2.01. The van der Waals surface area contributed by atoms with Gasteiger partial charge in [-0.1, -0.05) is 0 Å². The minimum Gasteiger partial charge on any atom is -0.370 e. The number of nitrogens with two attached hydrogens (primary N) is 1. The fraction of sp³-hybridized carbons (Fsp3) is 0.364. The Morgan fingerprint density at radius 2 is 1.56 bits per heavy atom. The van der Waals surface area contributed by atoms with Crippen molar-refractivity contribution in [2.24, 2.45) is 10.7 Å². The molecule has 100 valence electrons. The smallest absolute Gasteiger partial charge is 0.193 e. The molecular formula is C11H13F4N3. The summed E-state index contributed by atoms with van der Waals surface area (Å²) < 4.78 is 52.4. The number of guanidine groups is 1. The molecule has 3 N–H and O–H groups in total. The molecule has 1 aromatic rings. The Bertz CT molecular complexity index is 466. The van der Waals surface area contributed by atoms with Gasteiger partial charge in [0.2, 0.25) is 0 Å². The first-order valence-electron chi connectivity index (χ1n) is 5.07. The van der Waals surface area contributed by atoms with E-state index in [1.54, 1.807) is 20.8 Å². The van der Waals surface area contributed by atoms with E-state index in [-0.39, 0.29) is 12.0 Å². The fourth-order valence-corrected chi connectivity index (χ4v) is 1.20. The minimum atomic E-state index is -1.55. The first-order chi connectivity index (χ1) is 8.11. The number of rotatable bonds is 1. The van der Waals surface area contributed by atoms with Crippen molar-refractivity contribution in [1.82, 2.24) is 0 Å². The van der Waals surface area contributed by atoms with Crippen LogP contribution in [0.4, 0.5) is 23.2 Å². The molecule has 0 bridgehead atoms. The molecule has 7 heteroatoms. The summed E-state index contributed by atoms with van der Waals surface area (Å²) in [4.78, 5) is 3.85. The van der Waals surface area contributed by atoms with Crippen LogP contribution >= 0.6 is 0 Å². The van der Waals surface area contributed by atoms with Gasteiger partial charge in [0.05, 0.1) is 5.54 Å². The third-order valence-electron chi connectivity index (χ3n) is 1.82. The molecule has 0 aliphatic carbocycles. The Morgan fingerprint density at radius 3 is 1.94 bits per heavy atom. The number of aliphatic imine (C=N–C) groups is 1. The standard InChI is InChI=1S/C11H13F4N3/c1-11(2,3)18-10(16)17-9-7(14)5(12)4-6(13)8(9)15/h4H,1-3H3,(H3,16,17,18). The molecule has 0 saturated carbocycles. The highest BCUT2D eigenvalue weighted by Crippen LogP contribution is 2.24. The Hall–Kier alpha value is -1.79. The number of nitrogens with zero attached hydrogens (tertiary/aromatic N) is 1. The SMILES string of the molecule is CC(C)(C)N=C(N)Nc1c(F)c(F)cc(F)c1F. The molecule has 0 saturated heterocycles. The molecular weight excluding hydrogens is 250 g/mol. The van der Waals surface area contributed by atoms with Gasteiger partial charge in [0.1, 0.15) is 5.69 Å². The molecule has 1 rings (SSSR count).